The fraction of sp³-hybridized carbons (Fsp3) is 0.550. The van der Waals surface area contributed by atoms with Gasteiger partial charge in [-0.05, 0) is 44.4 Å². The van der Waals surface area contributed by atoms with E-state index >= 15 is 0 Å². The van der Waals surface area contributed by atoms with Gasteiger partial charge in [-0.1, -0.05) is 6.07 Å². The Kier molecular flexibility index (Phi) is 5.22. The van der Waals surface area contributed by atoms with E-state index in [1.54, 1.807) is 0 Å². The van der Waals surface area contributed by atoms with Crippen molar-refractivity contribution in [1.82, 2.24) is 25.0 Å². The number of H-pyrrole nitrogens is 1. The number of hydrogen-bond donors (Lipinski definition) is 2. The number of amides is 1. The maximum atomic E-state index is 12.9. The summed E-state index contributed by atoms with van der Waals surface area (Å²) in [6, 6.07) is 8.07. The second kappa shape index (κ2) is 7.78. The van der Waals surface area contributed by atoms with Gasteiger partial charge in [-0.15, -0.1) is 0 Å². The van der Waals surface area contributed by atoms with Gasteiger partial charge in [0.05, 0.1) is 5.69 Å². The molecule has 4 rings (SSSR count). The zero-order chi connectivity index (χ0) is 18.8. The Morgan fingerprint density at radius 3 is 2.93 bits per heavy atom. The Morgan fingerprint density at radius 1 is 1.33 bits per heavy atom. The molecule has 0 spiro atoms. The van der Waals surface area contributed by atoms with Crippen LogP contribution in [0.15, 0.2) is 24.3 Å². The molecule has 7 heteroatoms. The van der Waals surface area contributed by atoms with Gasteiger partial charge in [0.1, 0.15) is 5.69 Å². The van der Waals surface area contributed by atoms with Crippen molar-refractivity contribution in [2.24, 2.45) is 0 Å². The zero-order valence-corrected chi connectivity index (χ0v) is 15.8. The lowest BCUT2D eigenvalue weighted by molar-refractivity contribution is 0.0387. The predicted molar refractivity (Wildman–Crippen MR) is 101 cm³/mol. The van der Waals surface area contributed by atoms with E-state index < -0.39 is 0 Å². The number of aliphatic hydroxyl groups is 1. The van der Waals surface area contributed by atoms with Crippen LogP contribution in [0.4, 0.5) is 0 Å². The first kappa shape index (κ1) is 18.1. The number of nitrogens with zero attached hydrogens (tertiary/aromatic N) is 4. The lowest BCUT2D eigenvalue weighted by Gasteiger charge is -2.41. The Hall–Kier alpha value is -2.25. The molecule has 2 fully saturated rings. The van der Waals surface area contributed by atoms with E-state index in [9.17, 15) is 9.90 Å². The molecule has 0 bridgehead atoms. The standard InChI is InChI=1S/C20H27N5O2/c1-14-3-2-4-16(21-14)12-24-8-9-25(13-17(24)7-10-26)20(27)19-11-18(22-23-19)15-5-6-15/h2-4,11,15,17,26H,5-10,12-13H2,1H3,(H,22,23)/t17-/m1/s1. The van der Waals surface area contributed by atoms with Crippen molar-refractivity contribution in [3.05, 3.63) is 47.0 Å². The molecule has 2 aromatic heterocycles. The molecule has 2 aliphatic rings. The number of carbonyl (C=O) groups is 1. The lowest BCUT2D eigenvalue weighted by Crippen LogP contribution is -2.54. The third kappa shape index (κ3) is 4.20. The average Bonchev–Trinajstić information content (AvgIpc) is 3.40. The van der Waals surface area contributed by atoms with Crippen LogP contribution in [0.5, 0.6) is 0 Å². The highest BCUT2D eigenvalue weighted by Crippen LogP contribution is 2.39. The SMILES string of the molecule is Cc1cccc(CN2CCN(C(=O)c3cc(C4CC4)[nH]n3)C[C@H]2CCO)n1. The minimum Gasteiger partial charge on any atom is -0.396 e. The highest BCUT2D eigenvalue weighted by Gasteiger charge is 2.32. The molecular formula is C20H27N5O2. The summed E-state index contributed by atoms with van der Waals surface area (Å²) < 4.78 is 0. The summed E-state index contributed by atoms with van der Waals surface area (Å²) in [6.07, 6.45) is 3.00. The number of nitrogens with one attached hydrogen (secondary N) is 1. The van der Waals surface area contributed by atoms with Gasteiger partial charge in [0.25, 0.3) is 5.91 Å². The highest BCUT2D eigenvalue weighted by atomic mass is 16.3. The van der Waals surface area contributed by atoms with Crippen molar-refractivity contribution in [3.63, 3.8) is 0 Å². The number of aliphatic hydroxyl groups excluding tert-OH is 1. The van der Waals surface area contributed by atoms with Crippen LogP contribution >= 0.6 is 0 Å². The van der Waals surface area contributed by atoms with Gasteiger partial charge in [-0.2, -0.15) is 5.10 Å². The van der Waals surface area contributed by atoms with E-state index in [1.165, 1.54) is 12.8 Å². The van der Waals surface area contributed by atoms with E-state index in [2.05, 4.69) is 20.1 Å². The number of carbonyl (C=O) groups excluding carboxylic acids is 1. The second-order valence-electron chi connectivity index (χ2n) is 7.64. The minimum atomic E-state index is -0.0191. The summed E-state index contributed by atoms with van der Waals surface area (Å²) in [5.41, 5.74) is 3.62. The lowest BCUT2D eigenvalue weighted by atomic mass is 10.1. The summed E-state index contributed by atoms with van der Waals surface area (Å²) in [4.78, 5) is 21.6. The monoisotopic (exact) mass is 369 g/mol. The van der Waals surface area contributed by atoms with E-state index in [-0.39, 0.29) is 18.6 Å². The Morgan fingerprint density at radius 2 is 2.19 bits per heavy atom. The number of aromatic nitrogens is 3. The van der Waals surface area contributed by atoms with E-state index in [4.69, 9.17) is 0 Å². The van der Waals surface area contributed by atoms with Crippen molar-refractivity contribution in [1.29, 1.82) is 0 Å². The summed E-state index contributed by atoms with van der Waals surface area (Å²) in [5, 5.41) is 16.7. The number of aryl methyl sites for hydroxylation is 1. The highest BCUT2D eigenvalue weighted by molar-refractivity contribution is 5.92. The van der Waals surface area contributed by atoms with Gasteiger partial charge in [0, 0.05) is 56.1 Å². The van der Waals surface area contributed by atoms with Crippen LogP contribution in [0.25, 0.3) is 0 Å². The molecule has 2 N–H and O–H groups in total. The summed E-state index contributed by atoms with van der Waals surface area (Å²) in [7, 11) is 0. The topological polar surface area (TPSA) is 85.4 Å². The zero-order valence-electron chi connectivity index (χ0n) is 15.8. The van der Waals surface area contributed by atoms with Crippen LogP contribution in [0.3, 0.4) is 0 Å². The first-order valence-electron chi connectivity index (χ1n) is 9.76. The molecule has 0 unspecified atom stereocenters. The van der Waals surface area contributed by atoms with Gasteiger partial charge in [0.2, 0.25) is 0 Å². The normalized spacial score (nSPS) is 20.8. The summed E-state index contributed by atoms with van der Waals surface area (Å²) in [5.74, 6) is 0.536. The molecule has 3 heterocycles. The third-order valence-electron chi connectivity index (χ3n) is 5.50. The Bertz CT molecular complexity index is 801. The molecule has 7 nitrogen and oxygen atoms in total. The maximum Gasteiger partial charge on any atom is 0.274 e. The summed E-state index contributed by atoms with van der Waals surface area (Å²) >= 11 is 0. The molecule has 1 aliphatic carbocycles. The molecule has 1 aliphatic heterocycles. The molecule has 0 radical (unpaired) electrons. The number of hydrogen-bond acceptors (Lipinski definition) is 5. The molecule has 1 atom stereocenters. The first-order valence-corrected chi connectivity index (χ1v) is 9.76. The smallest absolute Gasteiger partial charge is 0.274 e. The second-order valence-corrected chi connectivity index (χ2v) is 7.64. The first-order chi connectivity index (χ1) is 13.1. The van der Waals surface area contributed by atoms with Gasteiger partial charge in [-0.3, -0.25) is 19.8 Å². The number of rotatable bonds is 6. The molecular weight excluding hydrogens is 342 g/mol. The van der Waals surface area contributed by atoms with E-state index in [0.29, 0.717) is 31.1 Å². The molecule has 0 aromatic carbocycles. The van der Waals surface area contributed by atoms with Crippen molar-refractivity contribution in [2.45, 2.75) is 44.7 Å². The van der Waals surface area contributed by atoms with Crippen LogP contribution in [-0.4, -0.2) is 68.3 Å². The van der Waals surface area contributed by atoms with Gasteiger partial charge in [-0.25, -0.2) is 0 Å². The van der Waals surface area contributed by atoms with Crippen molar-refractivity contribution >= 4 is 5.91 Å². The van der Waals surface area contributed by atoms with Gasteiger partial charge >= 0.3 is 0 Å². The van der Waals surface area contributed by atoms with Crippen LogP contribution < -0.4 is 0 Å². The van der Waals surface area contributed by atoms with Gasteiger partial charge < -0.3 is 10.0 Å². The molecule has 1 amide bonds. The molecule has 1 saturated carbocycles. The molecule has 27 heavy (non-hydrogen) atoms. The molecule has 2 aromatic rings. The average molecular weight is 369 g/mol. The van der Waals surface area contributed by atoms with Crippen LogP contribution in [0.1, 0.15) is 52.8 Å². The molecule has 144 valence electrons. The van der Waals surface area contributed by atoms with Crippen molar-refractivity contribution < 1.29 is 9.90 Å². The largest absolute Gasteiger partial charge is 0.396 e. The number of piperazine rings is 1. The van der Waals surface area contributed by atoms with Crippen LogP contribution in [-0.2, 0) is 6.54 Å². The van der Waals surface area contributed by atoms with Crippen LogP contribution in [0, 0.1) is 6.92 Å². The van der Waals surface area contributed by atoms with Crippen molar-refractivity contribution in [2.75, 3.05) is 26.2 Å². The van der Waals surface area contributed by atoms with Crippen molar-refractivity contribution in [3.8, 4) is 0 Å². The van der Waals surface area contributed by atoms with Gasteiger partial charge in [0.15, 0.2) is 0 Å². The summed E-state index contributed by atoms with van der Waals surface area (Å²) in [6.45, 7) is 4.88. The Labute approximate surface area is 159 Å². The molecule has 1 saturated heterocycles. The quantitative estimate of drug-likeness (QED) is 0.810. The maximum absolute atomic E-state index is 12.9. The number of aromatic amines is 1. The predicted octanol–water partition coefficient (Wildman–Crippen LogP) is 1.70. The fourth-order valence-corrected chi connectivity index (χ4v) is 3.82. The fourth-order valence-electron chi connectivity index (χ4n) is 3.82. The Balaban J connectivity index is 1.42. The van der Waals surface area contributed by atoms with Crippen LogP contribution in [0.2, 0.25) is 0 Å². The number of pyridine rings is 1. The minimum absolute atomic E-state index is 0.0191. The van der Waals surface area contributed by atoms with E-state index in [0.717, 1.165) is 30.2 Å². The third-order valence-corrected chi connectivity index (χ3v) is 5.50. The van der Waals surface area contributed by atoms with E-state index in [1.807, 2.05) is 36.1 Å².